The van der Waals surface area contributed by atoms with Crippen molar-refractivity contribution in [3.8, 4) is 0 Å². The molecule has 102 valence electrons. The normalized spacial score (nSPS) is 24.5. The first kappa shape index (κ1) is 14.9. The van der Waals surface area contributed by atoms with Crippen molar-refractivity contribution in [3.63, 3.8) is 0 Å². The van der Waals surface area contributed by atoms with Crippen molar-refractivity contribution in [3.05, 3.63) is 0 Å². The molecule has 17 heavy (non-hydrogen) atoms. The zero-order chi connectivity index (χ0) is 13.1. The first-order valence-electron chi connectivity index (χ1n) is 6.56. The van der Waals surface area contributed by atoms with Crippen molar-refractivity contribution in [2.75, 3.05) is 40.8 Å². The average Bonchev–Trinajstić information content (AvgIpc) is 2.64. The van der Waals surface area contributed by atoms with Crippen LogP contribution in [0.15, 0.2) is 0 Å². The number of nitrogens with zero attached hydrogens (tertiary/aromatic N) is 2. The average molecular weight is 243 g/mol. The molecule has 0 aromatic carbocycles. The lowest BCUT2D eigenvalue weighted by Gasteiger charge is -2.35. The molecular weight excluding hydrogens is 214 g/mol. The van der Waals surface area contributed by atoms with Gasteiger partial charge in [-0.05, 0) is 47.3 Å². The van der Waals surface area contributed by atoms with E-state index in [9.17, 15) is 0 Å². The molecule has 1 aliphatic rings. The minimum atomic E-state index is -0.245. The summed E-state index contributed by atoms with van der Waals surface area (Å²) in [6.45, 7) is 7.36. The summed E-state index contributed by atoms with van der Waals surface area (Å²) < 4.78 is 5.46. The maximum Gasteiger partial charge on any atom is 0.0785 e. The standard InChI is InChI=1S/C13H29N3O/c1-13(2,17-5)12(14)10-16-8-6-7-11(16)9-15(3)4/h11-12H,6-10,14H2,1-5H3. The van der Waals surface area contributed by atoms with Crippen LogP contribution in [0.1, 0.15) is 26.7 Å². The number of rotatable bonds is 6. The molecule has 4 heteroatoms. The molecule has 0 aromatic heterocycles. The largest absolute Gasteiger partial charge is 0.377 e. The molecule has 0 bridgehead atoms. The van der Waals surface area contributed by atoms with Crippen molar-refractivity contribution in [2.24, 2.45) is 5.73 Å². The fourth-order valence-corrected chi connectivity index (χ4v) is 2.39. The van der Waals surface area contributed by atoms with Gasteiger partial charge in [0.15, 0.2) is 0 Å². The second-order valence-electron chi connectivity index (χ2n) is 5.97. The number of hydrogen-bond donors (Lipinski definition) is 1. The maximum absolute atomic E-state index is 6.25. The molecule has 1 rings (SSSR count). The van der Waals surface area contributed by atoms with Gasteiger partial charge in [-0.2, -0.15) is 0 Å². The van der Waals surface area contributed by atoms with Crippen LogP contribution in [0.2, 0.25) is 0 Å². The van der Waals surface area contributed by atoms with Crippen LogP contribution in [0.3, 0.4) is 0 Å². The molecular formula is C13H29N3O. The Bertz CT molecular complexity index is 231. The predicted octanol–water partition coefficient (Wildman–Crippen LogP) is 0.765. The Hall–Kier alpha value is -0.160. The van der Waals surface area contributed by atoms with Crippen molar-refractivity contribution in [1.29, 1.82) is 0 Å². The summed E-state index contributed by atoms with van der Waals surface area (Å²) in [5.74, 6) is 0. The number of ether oxygens (including phenoxy) is 1. The third-order valence-electron chi connectivity index (χ3n) is 3.93. The van der Waals surface area contributed by atoms with Crippen molar-refractivity contribution >= 4 is 0 Å². The summed E-state index contributed by atoms with van der Waals surface area (Å²) >= 11 is 0. The minimum Gasteiger partial charge on any atom is -0.377 e. The quantitative estimate of drug-likeness (QED) is 0.748. The van der Waals surface area contributed by atoms with Gasteiger partial charge in [-0.25, -0.2) is 0 Å². The molecule has 0 aliphatic carbocycles. The fraction of sp³-hybridized carbons (Fsp3) is 1.00. The van der Waals surface area contributed by atoms with Crippen LogP contribution in [-0.2, 0) is 4.74 Å². The lowest BCUT2D eigenvalue weighted by Crippen LogP contribution is -2.53. The number of methoxy groups -OCH3 is 1. The van der Waals surface area contributed by atoms with Gasteiger partial charge < -0.3 is 15.4 Å². The first-order chi connectivity index (χ1) is 7.86. The Morgan fingerprint density at radius 1 is 1.47 bits per heavy atom. The molecule has 2 atom stereocenters. The van der Waals surface area contributed by atoms with E-state index in [4.69, 9.17) is 10.5 Å². The lowest BCUT2D eigenvalue weighted by atomic mass is 9.98. The van der Waals surface area contributed by atoms with Gasteiger partial charge in [-0.3, -0.25) is 4.90 Å². The van der Waals surface area contributed by atoms with Gasteiger partial charge in [0.05, 0.1) is 5.60 Å². The number of likely N-dealkylation sites (N-methyl/N-ethyl adjacent to an activating group) is 1. The SMILES string of the molecule is COC(C)(C)C(N)CN1CCCC1CN(C)C. The molecule has 4 nitrogen and oxygen atoms in total. The molecule has 1 heterocycles. The number of nitrogens with two attached hydrogens (primary N) is 1. The Balaban J connectivity index is 2.49. The molecule has 1 saturated heterocycles. The van der Waals surface area contributed by atoms with Gasteiger partial charge in [-0.15, -0.1) is 0 Å². The van der Waals surface area contributed by atoms with E-state index in [2.05, 4.69) is 37.7 Å². The molecule has 2 unspecified atom stereocenters. The minimum absolute atomic E-state index is 0.0651. The Morgan fingerprint density at radius 3 is 2.65 bits per heavy atom. The third-order valence-corrected chi connectivity index (χ3v) is 3.93. The maximum atomic E-state index is 6.25. The predicted molar refractivity (Wildman–Crippen MR) is 72.2 cm³/mol. The van der Waals surface area contributed by atoms with Crippen LogP contribution in [-0.4, -0.2) is 68.3 Å². The number of hydrogen-bond acceptors (Lipinski definition) is 4. The van der Waals surface area contributed by atoms with Crippen LogP contribution >= 0.6 is 0 Å². The van der Waals surface area contributed by atoms with Crippen molar-refractivity contribution < 1.29 is 4.74 Å². The van der Waals surface area contributed by atoms with Crippen molar-refractivity contribution in [2.45, 2.75) is 44.4 Å². The van der Waals surface area contributed by atoms with E-state index in [0.717, 1.165) is 13.1 Å². The zero-order valence-corrected chi connectivity index (χ0v) is 12.1. The highest BCUT2D eigenvalue weighted by molar-refractivity contribution is 4.89. The molecule has 0 radical (unpaired) electrons. The highest BCUT2D eigenvalue weighted by atomic mass is 16.5. The summed E-state index contributed by atoms with van der Waals surface area (Å²) in [5.41, 5.74) is 6.01. The molecule has 0 spiro atoms. The lowest BCUT2D eigenvalue weighted by molar-refractivity contribution is -0.0102. The van der Waals surface area contributed by atoms with Crippen LogP contribution in [0.25, 0.3) is 0 Å². The van der Waals surface area contributed by atoms with Crippen molar-refractivity contribution in [1.82, 2.24) is 9.80 Å². The van der Waals surface area contributed by atoms with Gasteiger partial charge in [0.2, 0.25) is 0 Å². The third kappa shape index (κ3) is 4.21. The summed E-state index contributed by atoms with van der Waals surface area (Å²) in [7, 11) is 6.01. The summed E-state index contributed by atoms with van der Waals surface area (Å²) in [6, 6.07) is 0.721. The molecule has 1 fully saturated rings. The molecule has 0 aromatic rings. The molecule has 1 aliphatic heterocycles. The number of likely N-dealkylation sites (tertiary alicyclic amines) is 1. The van der Waals surface area contributed by atoms with Gasteiger partial charge in [0.1, 0.15) is 0 Å². The van der Waals surface area contributed by atoms with E-state index in [1.165, 1.54) is 19.4 Å². The fourth-order valence-electron chi connectivity index (χ4n) is 2.39. The summed E-state index contributed by atoms with van der Waals surface area (Å²) in [5, 5.41) is 0. The van der Waals surface area contributed by atoms with Crippen LogP contribution in [0, 0.1) is 0 Å². The highest BCUT2D eigenvalue weighted by Crippen LogP contribution is 2.21. The molecule has 0 saturated carbocycles. The second kappa shape index (κ2) is 6.14. The van der Waals surface area contributed by atoms with Crippen LogP contribution < -0.4 is 5.73 Å². The summed E-state index contributed by atoms with van der Waals surface area (Å²) in [4.78, 5) is 4.78. The van der Waals surface area contributed by atoms with Gasteiger partial charge in [-0.1, -0.05) is 0 Å². The Kier molecular flexibility index (Phi) is 5.38. The Labute approximate surface area is 106 Å². The summed E-state index contributed by atoms with van der Waals surface area (Å²) in [6.07, 6.45) is 2.58. The van der Waals surface area contributed by atoms with Gasteiger partial charge in [0.25, 0.3) is 0 Å². The zero-order valence-electron chi connectivity index (χ0n) is 12.1. The van der Waals surface area contributed by atoms with E-state index in [-0.39, 0.29) is 11.6 Å². The van der Waals surface area contributed by atoms with Crippen LogP contribution in [0.5, 0.6) is 0 Å². The second-order valence-corrected chi connectivity index (χ2v) is 5.97. The van der Waals surface area contributed by atoms with E-state index < -0.39 is 0 Å². The van der Waals surface area contributed by atoms with E-state index in [1.807, 2.05) is 0 Å². The van der Waals surface area contributed by atoms with E-state index in [1.54, 1.807) is 7.11 Å². The smallest absolute Gasteiger partial charge is 0.0785 e. The van der Waals surface area contributed by atoms with Crippen LogP contribution in [0.4, 0.5) is 0 Å². The van der Waals surface area contributed by atoms with Gasteiger partial charge >= 0.3 is 0 Å². The molecule has 2 N–H and O–H groups in total. The monoisotopic (exact) mass is 243 g/mol. The van der Waals surface area contributed by atoms with Gasteiger partial charge in [0, 0.05) is 32.3 Å². The van der Waals surface area contributed by atoms with E-state index >= 15 is 0 Å². The molecule has 0 amide bonds. The topological polar surface area (TPSA) is 41.7 Å². The van der Waals surface area contributed by atoms with E-state index in [0.29, 0.717) is 6.04 Å². The highest BCUT2D eigenvalue weighted by Gasteiger charge is 2.32. The first-order valence-corrected chi connectivity index (χ1v) is 6.56. The Morgan fingerprint density at radius 2 is 2.12 bits per heavy atom.